The summed E-state index contributed by atoms with van der Waals surface area (Å²) < 4.78 is 2.61. The Hall–Kier alpha value is 0.490. The van der Waals surface area contributed by atoms with Crippen molar-refractivity contribution < 1.29 is 0 Å². The van der Waals surface area contributed by atoms with E-state index in [1.807, 2.05) is 30.1 Å². The second-order valence-electron chi connectivity index (χ2n) is 2.76. The third-order valence-electron chi connectivity index (χ3n) is 1.72. The summed E-state index contributed by atoms with van der Waals surface area (Å²) in [5.74, 6) is 0. The van der Waals surface area contributed by atoms with Crippen LogP contribution >= 0.6 is 39.0 Å². The van der Waals surface area contributed by atoms with Crippen LogP contribution in [0.4, 0.5) is 0 Å². The molecule has 1 unspecified atom stereocenters. The lowest BCUT2D eigenvalue weighted by molar-refractivity contribution is 0.727. The molecule has 0 aliphatic heterocycles. The van der Waals surface area contributed by atoms with E-state index in [4.69, 9.17) is 0 Å². The fraction of sp³-hybridized carbons (Fsp3) is 0.556. The predicted octanol–water partition coefficient (Wildman–Crippen LogP) is 3.60. The molecule has 0 saturated heterocycles. The lowest BCUT2D eigenvalue weighted by Gasteiger charge is -2.11. The molecule has 0 aliphatic carbocycles. The Kier molecular flexibility index (Phi) is 5.39. The minimum Gasteiger partial charge on any atom is -0.319 e. The van der Waals surface area contributed by atoms with Crippen molar-refractivity contribution in [1.29, 1.82) is 0 Å². The summed E-state index contributed by atoms with van der Waals surface area (Å²) in [6.45, 7) is 3.31. The topological polar surface area (TPSA) is 12.0 Å². The molecule has 1 nitrogen and oxygen atoms in total. The summed E-state index contributed by atoms with van der Waals surface area (Å²) in [5.41, 5.74) is 0. The molecule has 0 saturated carbocycles. The molecule has 1 aromatic heterocycles. The van der Waals surface area contributed by atoms with E-state index >= 15 is 0 Å². The molecule has 4 heteroatoms. The Morgan fingerprint density at radius 2 is 2.38 bits per heavy atom. The van der Waals surface area contributed by atoms with Crippen LogP contribution in [0.3, 0.4) is 0 Å². The summed E-state index contributed by atoms with van der Waals surface area (Å²) in [6.07, 6.45) is 1.21. The number of halogens is 1. The van der Waals surface area contributed by atoms with Gasteiger partial charge in [-0.2, -0.15) is 0 Å². The van der Waals surface area contributed by atoms with E-state index in [0.717, 1.165) is 6.54 Å². The maximum Gasteiger partial charge on any atom is 0.0710 e. The molecule has 1 N–H and O–H groups in total. The average molecular weight is 280 g/mol. The van der Waals surface area contributed by atoms with Gasteiger partial charge in [0.2, 0.25) is 0 Å². The second-order valence-corrected chi connectivity index (χ2v) is 6.83. The van der Waals surface area contributed by atoms with Gasteiger partial charge in [-0.3, -0.25) is 0 Å². The third-order valence-corrected chi connectivity index (χ3v) is 4.88. The Morgan fingerprint density at radius 1 is 1.62 bits per heavy atom. The highest BCUT2D eigenvalue weighted by Gasteiger charge is 2.08. The van der Waals surface area contributed by atoms with E-state index in [9.17, 15) is 0 Å². The van der Waals surface area contributed by atoms with Gasteiger partial charge in [-0.05, 0) is 41.5 Å². The molecule has 0 spiro atoms. The minimum atomic E-state index is 0.690. The van der Waals surface area contributed by atoms with Crippen molar-refractivity contribution in [3.05, 3.63) is 15.9 Å². The molecule has 0 aliphatic rings. The van der Waals surface area contributed by atoms with Crippen molar-refractivity contribution in [2.75, 3.05) is 13.6 Å². The molecule has 1 atom stereocenters. The first-order valence-corrected chi connectivity index (χ1v) is 6.81. The van der Waals surface area contributed by atoms with Gasteiger partial charge in [0.15, 0.2) is 0 Å². The van der Waals surface area contributed by atoms with Crippen LogP contribution in [-0.4, -0.2) is 18.8 Å². The molecule has 74 valence electrons. The van der Waals surface area contributed by atoms with Crippen molar-refractivity contribution in [2.24, 2.45) is 0 Å². The molecule has 13 heavy (non-hydrogen) atoms. The lowest BCUT2D eigenvalue weighted by Crippen LogP contribution is -2.19. The molecule has 0 aromatic carbocycles. The zero-order valence-corrected chi connectivity index (χ0v) is 11.1. The SMILES string of the molecule is CCC(CNC)Sc1ccc(Br)s1. The van der Waals surface area contributed by atoms with Gasteiger partial charge in [0.05, 0.1) is 8.00 Å². The highest BCUT2D eigenvalue weighted by Crippen LogP contribution is 2.33. The maximum absolute atomic E-state index is 3.47. The largest absolute Gasteiger partial charge is 0.319 e. The first kappa shape index (κ1) is 11.6. The van der Waals surface area contributed by atoms with E-state index < -0.39 is 0 Å². The zero-order chi connectivity index (χ0) is 9.68. The second kappa shape index (κ2) is 6.06. The summed E-state index contributed by atoms with van der Waals surface area (Å²) in [6, 6.07) is 4.29. The number of nitrogens with one attached hydrogen (secondary N) is 1. The van der Waals surface area contributed by atoms with Crippen molar-refractivity contribution >= 4 is 39.0 Å². The molecule has 0 fully saturated rings. The van der Waals surface area contributed by atoms with Gasteiger partial charge < -0.3 is 5.32 Å². The Morgan fingerprint density at radius 3 is 2.85 bits per heavy atom. The predicted molar refractivity (Wildman–Crippen MR) is 65.9 cm³/mol. The highest BCUT2D eigenvalue weighted by atomic mass is 79.9. The van der Waals surface area contributed by atoms with Gasteiger partial charge in [-0.25, -0.2) is 0 Å². The normalized spacial score (nSPS) is 13.2. The first-order chi connectivity index (χ1) is 6.26. The van der Waals surface area contributed by atoms with Gasteiger partial charge >= 0.3 is 0 Å². The van der Waals surface area contributed by atoms with Gasteiger partial charge in [0.25, 0.3) is 0 Å². The van der Waals surface area contributed by atoms with Crippen LogP contribution < -0.4 is 5.32 Å². The van der Waals surface area contributed by atoms with E-state index in [0.29, 0.717) is 5.25 Å². The van der Waals surface area contributed by atoms with E-state index in [1.54, 1.807) is 0 Å². The molecule has 1 aromatic rings. The molecular weight excluding hydrogens is 266 g/mol. The van der Waals surface area contributed by atoms with Crippen molar-refractivity contribution in [1.82, 2.24) is 5.32 Å². The van der Waals surface area contributed by atoms with Gasteiger partial charge in [-0.15, -0.1) is 23.1 Å². The molecule has 0 bridgehead atoms. The molecule has 1 rings (SSSR count). The van der Waals surface area contributed by atoms with Crippen molar-refractivity contribution in [3.8, 4) is 0 Å². The summed E-state index contributed by atoms with van der Waals surface area (Å²) in [4.78, 5) is 0. The quantitative estimate of drug-likeness (QED) is 0.827. The highest BCUT2D eigenvalue weighted by molar-refractivity contribution is 9.11. The summed E-state index contributed by atoms with van der Waals surface area (Å²) in [5, 5.41) is 3.91. The average Bonchev–Trinajstić information content (AvgIpc) is 2.50. The van der Waals surface area contributed by atoms with Crippen LogP contribution in [0.1, 0.15) is 13.3 Å². The van der Waals surface area contributed by atoms with Crippen LogP contribution in [0, 0.1) is 0 Å². The van der Waals surface area contributed by atoms with Crippen LogP contribution in [0.2, 0.25) is 0 Å². The number of rotatable bonds is 5. The standard InChI is InChI=1S/C9H14BrNS2/c1-3-7(6-11-2)12-9-5-4-8(10)13-9/h4-5,7,11H,3,6H2,1-2H3. The molecule has 0 radical (unpaired) electrons. The van der Waals surface area contributed by atoms with Crippen molar-refractivity contribution in [2.45, 2.75) is 22.8 Å². The third kappa shape index (κ3) is 4.02. The van der Waals surface area contributed by atoms with Gasteiger partial charge in [0.1, 0.15) is 0 Å². The first-order valence-electron chi connectivity index (χ1n) is 4.32. The van der Waals surface area contributed by atoms with E-state index in [1.165, 1.54) is 14.4 Å². The molecular formula is C9H14BrNS2. The van der Waals surface area contributed by atoms with Crippen LogP contribution in [0.25, 0.3) is 0 Å². The van der Waals surface area contributed by atoms with E-state index in [-0.39, 0.29) is 0 Å². The van der Waals surface area contributed by atoms with Crippen LogP contribution in [-0.2, 0) is 0 Å². The lowest BCUT2D eigenvalue weighted by atomic mass is 10.3. The monoisotopic (exact) mass is 279 g/mol. The zero-order valence-electron chi connectivity index (χ0n) is 7.84. The summed E-state index contributed by atoms with van der Waals surface area (Å²) in [7, 11) is 2.01. The van der Waals surface area contributed by atoms with E-state index in [2.05, 4.69) is 40.3 Å². The molecule has 0 amide bonds. The number of thiophene rings is 1. The Bertz CT molecular complexity index is 250. The van der Waals surface area contributed by atoms with Crippen LogP contribution in [0.15, 0.2) is 20.1 Å². The Balaban J connectivity index is 2.46. The summed E-state index contributed by atoms with van der Waals surface area (Å²) >= 11 is 7.24. The number of thioether (sulfide) groups is 1. The number of hydrogen-bond donors (Lipinski definition) is 1. The van der Waals surface area contributed by atoms with Crippen molar-refractivity contribution in [3.63, 3.8) is 0 Å². The fourth-order valence-electron chi connectivity index (χ4n) is 1.02. The maximum atomic E-state index is 3.47. The van der Waals surface area contributed by atoms with Crippen LogP contribution in [0.5, 0.6) is 0 Å². The fourth-order valence-corrected chi connectivity index (χ4v) is 4.23. The number of hydrogen-bond acceptors (Lipinski definition) is 3. The van der Waals surface area contributed by atoms with Gasteiger partial charge in [-0.1, -0.05) is 6.92 Å². The Labute approximate surface area is 96.4 Å². The molecule has 1 heterocycles. The minimum absolute atomic E-state index is 0.690. The smallest absolute Gasteiger partial charge is 0.0710 e. The van der Waals surface area contributed by atoms with Gasteiger partial charge in [0, 0.05) is 11.8 Å².